The summed E-state index contributed by atoms with van der Waals surface area (Å²) in [4.78, 5) is 13.0. The Morgan fingerprint density at radius 3 is 2.85 bits per heavy atom. The monoisotopic (exact) mass is 295 g/mol. The molecule has 1 saturated carbocycles. The van der Waals surface area contributed by atoms with Crippen LogP contribution in [0.1, 0.15) is 41.1 Å². The Morgan fingerprint density at radius 1 is 1.35 bits per heavy atom. The maximum Gasteiger partial charge on any atom is 0.266 e. The van der Waals surface area contributed by atoms with Crippen LogP contribution in [0, 0.1) is 0 Å². The number of aldehydes is 1. The molecule has 0 radical (unpaired) electrons. The first-order valence-electron chi connectivity index (χ1n) is 6.80. The van der Waals surface area contributed by atoms with Crippen LogP contribution in [-0.2, 0) is 10.1 Å². The Bertz CT molecular complexity index is 641. The summed E-state index contributed by atoms with van der Waals surface area (Å²) >= 11 is 0. The molecule has 20 heavy (non-hydrogen) atoms. The third-order valence-electron chi connectivity index (χ3n) is 4.37. The van der Waals surface area contributed by atoms with Crippen LogP contribution < -0.4 is 4.90 Å². The van der Waals surface area contributed by atoms with Crippen LogP contribution in [0.4, 0.5) is 5.69 Å². The highest BCUT2D eigenvalue weighted by Crippen LogP contribution is 2.49. The molecule has 6 heteroatoms. The van der Waals surface area contributed by atoms with Crippen LogP contribution in [-0.4, -0.2) is 37.6 Å². The molecule has 0 spiro atoms. The minimum absolute atomic E-state index is 0.259. The van der Waals surface area contributed by atoms with Gasteiger partial charge in [0.05, 0.1) is 5.75 Å². The normalized spacial score (nSPS) is 24.6. The second-order valence-electron chi connectivity index (χ2n) is 5.52. The second kappa shape index (κ2) is 4.86. The van der Waals surface area contributed by atoms with E-state index in [0.29, 0.717) is 24.1 Å². The Hall–Kier alpha value is -1.40. The van der Waals surface area contributed by atoms with Gasteiger partial charge in [0, 0.05) is 29.8 Å². The largest absolute Gasteiger partial charge is 0.367 e. The molecule has 2 aliphatic rings. The third kappa shape index (κ3) is 2.33. The number of rotatable bonds is 4. The molecule has 0 bridgehead atoms. The van der Waals surface area contributed by atoms with Gasteiger partial charge in [-0.05, 0) is 36.6 Å². The van der Waals surface area contributed by atoms with Crippen molar-refractivity contribution in [3.8, 4) is 0 Å². The molecule has 5 nitrogen and oxygen atoms in total. The Morgan fingerprint density at radius 2 is 2.15 bits per heavy atom. The first-order valence-corrected chi connectivity index (χ1v) is 8.41. The fourth-order valence-electron chi connectivity index (χ4n) is 3.56. The lowest BCUT2D eigenvalue weighted by molar-refractivity contribution is 0.112. The molecule has 2 atom stereocenters. The van der Waals surface area contributed by atoms with Crippen molar-refractivity contribution in [2.45, 2.75) is 31.2 Å². The molecular formula is C14H17NO4S. The van der Waals surface area contributed by atoms with Gasteiger partial charge >= 0.3 is 0 Å². The lowest BCUT2D eigenvalue weighted by Crippen LogP contribution is -2.35. The summed E-state index contributed by atoms with van der Waals surface area (Å²) < 4.78 is 30.9. The lowest BCUT2D eigenvalue weighted by atomic mass is 9.96. The lowest BCUT2D eigenvalue weighted by Gasteiger charge is -2.26. The predicted molar refractivity (Wildman–Crippen MR) is 76.0 cm³/mol. The van der Waals surface area contributed by atoms with E-state index in [4.69, 9.17) is 4.55 Å². The second-order valence-corrected chi connectivity index (χ2v) is 7.09. The van der Waals surface area contributed by atoms with Gasteiger partial charge < -0.3 is 4.90 Å². The Kier molecular flexibility index (Phi) is 3.30. The average molecular weight is 295 g/mol. The fourth-order valence-corrected chi connectivity index (χ4v) is 3.99. The van der Waals surface area contributed by atoms with E-state index < -0.39 is 10.1 Å². The highest BCUT2D eigenvalue weighted by Gasteiger charge is 2.41. The summed E-state index contributed by atoms with van der Waals surface area (Å²) in [7, 11) is -3.95. The standard InChI is InChI=1S/C14H17NO4S/c16-9-10-4-5-14-12(8-10)11-2-1-3-13(11)15(14)6-7-20(17,18)19/h4-5,8-9,11,13H,1-3,6-7H2,(H,17,18,19). The Balaban J connectivity index is 1.94. The van der Waals surface area contributed by atoms with E-state index in [2.05, 4.69) is 4.90 Å². The molecule has 3 rings (SSSR count). The maximum absolute atomic E-state index is 11.0. The van der Waals surface area contributed by atoms with Gasteiger partial charge in [-0.1, -0.05) is 6.42 Å². The van der Waals surface area contributed by atoms with Crippen LogP contribution in [0.15, 0.2) is 18.2 Å². The van der Waals surface area contributed by atoms with Crippen LogP contribution in [0.25, 0.3) is 0 Å². The zero-order valence-corrected chi connectivity index (χ0v) is 11.8. The maximum atomic E-state index is 11.0. The van der Waals surface area contributed by atoms with Gasteiger partial charge in [0.1, 0.15) is 6.29 Å². The molecule has 2 unspecified atom stereocenters. The van der Waals surface area contributed by atoms with Crippen LogP contribution >= 0.6 is 0 Å². The topological polar surface area (TPSA) is 74.7 Å². The van der Waals surface area contributed by atoms with E-state index in [-0.39, 0.29) is 5.75 Å². The number of fused-ring (bicyclic) bond motifs is 3. The van der Waals surface area contributed by atoms with E-state index in [1.165, 1.54) is 0 Å². The van der Waals surface area contributed by atoms with Gasteiger partial charge in [0.15, 0.2) is 0 Å². The third-order valence-corrected chi connectivity index (χ3v) is 5.07. The number of carbonyl (C=O) groups is 1. The van der Waals surface area contributed by atoms with Gasteiger partial charge in [-0.25, -0.2) is 0 Å². The van der Waals surface area contributed by atoms with E-state index in [0.717, 1.165) is 36.8 Å². The molecule has 0 amide bonds. The van der Waals surface area contributed by atoms with Crippen LogP contribution in [0.3, 0.4) is 0 Å². The quantitative estimate of drug-likeness (QED) is 0.677. The van der Waals surface area contributed by atoms with Crippen molar-refractivity contribution in [2.24, 2.45) is 0 Å². The molecule has 1 aliphatic carbocycles. The van der Waals surface area contributed by atoms with Crippen molar-refractivity contribution in [3.05, 3.63) is 29.3 Å². The number of carbonyl (C=O) groups excluding carboxylic acids is 1. The number of hydrogen-bond donors (Lipinski definition) is 1. The van der Waals surface area contributed by atoms with Gasteiger partial charge in [0.2, 0.25) is 0 Å². The molecule has 1 aliphatic heterocycles. The molecule has 1 N–H and O–H groups in total. The first-order chi connectivity index (χ1) is 9.49. The Labute approximate surface area is 118 Å². The summed E-state index contributed by atoms with van der Waals surface area (Å²) in [5.41, 5.74) is 2.81. The van der Waals surface area contributed by atoms with Crippen molar-refractivity contribution in [1.29, 1.82) is 0 Å². The van der Waals surface area contributed by atoms with Crippen molar-refractivity contribution in [2.75, 3.05) is 17.2 Å². The molecule has 108 valence electrons. The zero-order valence-electron chi connectivity index (χ0n) is 11.0. The summed E-state index contributed by atoms with van der Waals surface area (Å²) in [6.07, 6.45) is 4.05. The summed E-state index contributed by atoms with van der Waals surface area (Å²) in [5.74, 6) is 0.122. The van der Waals surface area contributed by atoms with Gasteiger partial charge in [0.25, 0.3) is 10.1 Å². The van der Waals surface area contributed by atoms with Crippen molar-refractivity contribution in [1.82, 2.24) is 0 Å². The fraction of sp³-hybridized carbons (Fsp3) is 0.500. The number of nitrogens with zero attached hydrogens (tertiary/aromatic N) is 1. The van der Waals surface area contributed by atoms with Crippen molar-refractivity contribution < 1.29 is 17.8 Å². The van der Waals surface area contributed by atoms with Crippen LogP contribution in [0.2, 0.25) is 0 Å². The van der Waals surface area contributed by atoms with E-state index in [1.54, 1.807) is 6.07 Å². The highest BCUT2D eigenvalue weighted by molar-refractivity contribution is 7.85. The van der Waals surface area contributed by atoms with Gasteiger partial charge in [-0.2, -0.15) is 8.42 Å². The first kappa shape index (κ1) is 13.6. The molecule has 1 aromatic rings. The van der Waals surface area contributed by atoms with Gasteiger partial charge in [-0.3, -0.25) is 9.35 Å². The SMILES string of the molecule is O=Cc1ccc2c(c1)C1CCCC1N2CCS(=O)(=O)O. The summed E-state index contributed by atoms with van der Waals surface area (Å²) in [6, 6.07) is 5.86. The average Bonchev–Trinajstić information content (AvgIpc) is 2.95. The van der Waals surface area contributed by atoms with Crippen LogP contribution in [0.5, 0.6) is 0 Å². The predicted octanol–water partition coefficient (Wildman–Crippen LogP) is 1.84. The molecule has 1 fully saturated rings. The van der Waals surface area contributed by atoms with Crippen molar-refractivity contribution >= 4 is 22.1 Å². The summed E-state index contributed by atoms with van der Waals surface area (Å²) in [6.45, 7) is 0.299. The molecule has 1 heterocycles. The number of benzene rings is 1. The minimum Gasteiger partial charge on any atom is -0.367 e. The minimum atomic E-state index is -3.95. The molecule has 1 aromatic carbocycles. The highest BCUT2D eigenvalue weighted by atomic mass is 32.2. The van der Waals surface area contributed by atoms with Crippen molar-refractivity contribution in [3.63, 3.8) is 0 Å². The number of hydrogen-bond acceptors (Lipinski definition) is 4. The molecule has 0 aromatic heterocycles. The van der Waals surface area contributed by atoms with E-state index in [1.807, 2.05) is 12.1 Å². The summed E-state index contributed by atoms with van der Waals surface area (Å²) in [5, 5.41) is 0. The molecule has 0 saturated heterocycles. The zero-order chi connectivity index (χ0) is 14.3. The number of anilines is 1. The van der Waals surface area contributed by atoms with Gasteiger partial charge in [-0.15, -0.1) is 0 Å². The van der Waals surface area contributed by atoms with E-state index in [9.17, 15) is 13.2 Å². The smallest absolute Gasteiger partial charge is 0.266 e. The molecular weight excluding hydrogens is 278 g/mol. The van der Waals surface area contributed by atoms with E-state index >= 15 is 0 Å².